The minimum Gasteiger partial charge on any atom is -0.371 e. The van der Waals surface area contributed by atoms with E-state index in [9.17, 15) is 0 Å². The van der Waals surface area contributed by atoms with Crippen LogP contribution < -0.4 is 4.90 Å². The molecular weight excluding hydrogens is 386 g/mol. The lowest BCUT2D eigenvalue weighted by Crippen LogP contribution is -2.25. The van der Waals surface area contributed by atoms with Gasteiger partial charge in [0.25, 0.3) is 0 Å². The number of thiophene rings is 1. The Hall–Kier alpha value is -1.96. The second-order valence-corrected chi connectivity index (χ2v) is 8.62. The van der Waals surface area contributed by atoms with Gasteiger partial charge in [0.1, 0.15) is 0 Å². The Morgan fingerprint density at radius 1 is 1.14 bits per heavy atom. The summed E-state index contributed by atoms with van der Waals surface area (Å²) in [6.07, 6.45) is 2.58. The smallest absolute Gasteiger partial charge is 0.199 e. The van der Waals surface area contributed by atoms with Gasteiger partial charge >= 0.3 is 0 Å². The van der Waals surface area contributed by atoms with Crippen LogP contribution in [0.1, 0.15) is 25.3 Å². The van der Waals surface area contributed by atoms with E-state index in [-0.39, 0.29) is 0 Å². The molecule has 1 aromatic carbocycles. The molecule has 0 aliphatic carbocycles. The zero-order valence-corrected chi connectivity index (χ0v) is 18.2. The number of benzene rings is 1. The molecule has 0 amide bonds. The van der Waals surface area contributed by atoms with Gasteiger partial charge < -0.3 is 4.90 Å². The third-order valence-corrected chi connectivity index (χ3v) is 6.53. The number of nitrogens with zero attached hydrogens (tertiary/aromatic N) is 5. The minimum absolute atomic E-state index is 0.679. The van der Waals surface area contributed by atoms with Gasteiger partial charge in [0, 0.05) is 31.9 Å². The first-order valence-electron chi connectivity index (χ1n) is 9.90. The number of anilines is 1. The van der Waals surface area contributed by atoms with Crippen molar-refractivity contribution in [3.63, 3.8) is 0 Å². The van der Waals surface area contributed by atoms with Crippen LogP contribution in [0.5, 0.6) is 0 Å². The number of aromatic nitrogens is 3. The van der Waals surface area contributed by atoms with Crippen molar-refractivity contribution in [2.45, 2.75) is 39.5 Å². The van der Waals surface area contributed by atoms with Crippen LogP contribution >= 0.6 is 23.6 Å². The first-order valence-corrected chi connectivity index (χ1v) is 11.2. The Kier molecular flexibility index (Phi) is 5.94. The molecule has 5 nitrogen and oxygen atoms in total. The van der Waals surface area contributed by atoms with Crippen molar-refractivity contribution in [1.29, 1.82) is 0 Å². The first-order chi connectivity index (χ1) is 13.7. The monoisotopic (exact) mass is 413 g/mol. The van der Waals surface area contributed by atoms with Crippen molar-refractivity contribution in [3.8, 4) is 10.7 Å². The van der Waals surface area contributed by atoms with Crippen LogP contribution in [0.15, 0.2) is 41.8 Å². The molecule has 0 unspecified atom stereocenters. The highest BCUT2D eigenvalue weighted by molar-refractivity contribution is 7.71. The van der Waals surface area contributed by atoms with E-state index in [0.29, 0.717) is 6.67 Å². The number of para-hydroxylation sites is 1. The summed E-state index contributed by atoms with van der Waals surface area (Å²) in [4.78, 5) is 5.96. The molecule has 0 N–H and O–H groups in total. The van der Waals surface area contributed by atoms with Crippen molar-refractivity contribution >= 4 is 29.2 Å². The molecule has 0 bridgehead atoms. The number of hydrogen-bond donors (Lipinski definition) is 0. The summed E-state index contributed by atoms with van der Waals surface area (Å²) in [5.74, 6) is 0.966. The van der Waals surface area contributed by atoms with Crippen LogP contribution in [0.25, 0.3) is 10.7 Å². The number of hydrogen-bond acceptors (Lipinski definition) is 5. The fraction of sp³-hybridized carbons (Fsp3) is 0.429. The predicted molar refractivity (Wildman–Crippen MR) is 119 cm³/mol. The lowest BCUT2D eigenvalue weighted by atomic mass is 10.1. The largest absolute Gasteiger partial charge is 0.371 e. The average Bonchev–Trinajstić information content (AvgIpc) is 3.44. The Balaban J connectivity index is 1.54. The van der Waals surface area contributed by atoms with Gasteiger partial charge in [-0.3, -0.25) is 9.47 Å². The molecule has 1 aliphatic heterocycles. The maximum atomic E-state index is 5.72. The fourth-order valence-electron chi connectivity index (χ4n) is 3.89. The second-order valence-electron chi connectivity index (χ2n) is 7.31. The van der Waals surface area contributed by atoms with Gasteiger partial charge in [-0.1, -0.05) is 24.3 Å². The standard InChI is InChI=1S/C21H27N5S2/c1-3-25-20(19-11-8-14-28-19)22-26(21(25)27)16-23(2)15-17-9-4-5-10-18(17)24-12-6-7-13-24/h4-5,8-11,14H,3,6-7,12-13,15-16H2,1-2H3. The summed E-state index contributed by atoms with van der Waals surface area (Å²) >= 11 is 7.42. The van der Waals surface area contributed by atoms with Gasteiger partial charge in [0.2, 0.25) is 0 Å². The zero-order valence-electron chi connectivity index (χ0n) is 16.5. The third kappa shape index (κ3) is 3.92. The highest BCUT2D eigenvalue weighted by Crippen LogP contribution is 2.26. The van der Waals surface area contributed by atoms with Gasteiger partial charge in [-0.15, -0.1) is 16.4 Å². The van der Waals surface area contributed by atoms with Crippen LogP contribution in [0.4, 0.5) is 5.69 Å². The van der Waals surface area contributed by atoms with E-state index in [1.165, 1.54) is 24.1 Å². The highest BCUT2D eigenvalue weighted by atomic mass is 32.1. The molecule has 0 radical (unpaired) electrons. The van der Waals surface area contributed by atoms with Crippen LogP contribution in [0, 0.1) is 4.77 Å². The SMILES string of the molecule is CCn1c(-c2cccs2)nn(CN(C)Cc2ccccc2N2CCCC2)c1=S. The molecule has 0 atom stereocenters. The molecule has 0 saturated carbocycles. The summed E-state index contributed by atoms with van der Waals surface area (Å²) in [5.41, 5.74) is 2.74. The lowest BCUT2D eigenvalue weighted by molar-refractivity contribution is 0.244. The van der Waals surface area contributed by atoms with E-state index in [1.54, 1.807) is 11.3 Å². The Morgan fingerprint density at radius 3 is 2.64 bits per heavy atom. The topological polar surface area (TPSA) is 29.2 Å². The summed E-state index contributed by atoms with van der Waals surface area (Å²) in [7, 11) is 2.14. The van der Waals surface area contributed by atoms with Crippen molar-refractivity contribution in [2.75, 3.05) is 25.0 Å². The fourth-order valence-corrected chi connectivity index (χ4v) is 4.92. The highest BCUT2D eigenvalue weighted by Gasteiger charge is 2.17. The summed E-state index contributed by atoms with van der Waals surface area (Å²) in [6.45, 7) is 6.83. The summed E-state index contributed by atoms with van der Waals surface area (Å²) in [6, 6.07) is 12.9. The summed E-state index contributed by atoms with van der Waals surface area (Å²) < 4.78 is 4.85. The predicted octanol–water partition coefficient (Wildman–Crippen LogP) is 4.85. The molecule has 2 aromatic heterocycles. The van der Waals surface area contributed by atoms with Gasteiger partial charge in [-0.05, 0) is 62.1 Å². The molecule has 0 spiro atoms. The van der Waals surface area contributed by atoms with E-state index in [2.05, 4.69) is 70.1 Å². The second kappa shape index (κ2) is 8.59. The van der Waals surface area contributed by atoms with E-state index in [4.69, 9.17) is 17.3 Å². The maximum Gasteiger partial charge on any atom is 0.199 e. The molecular formula is C21H27N5S2. The van der Waals surface area contributed by atoms with E-state index in [0.717, 1.165) is 41.7 Å². The molecule has 28 heavy (non-hydrogen) atoms. The quantitative estimate of drug-likeness (QED) is 0.518. The first kappa shape index (κ1) is 19.4. The van der Waals surface area contributed by atoms with Crippen LogP contribution in [-0.4, -0.2) is 39.4 Å². The minimum atomic E-state index is 0.679. The molecule has 1 fully saturated rings. The van der Waals surface area contributed by atoms with Gasteiger partial charge in [-0.2, -0.15) is 0 Å². The van der Waals surface area contributed by atoms with Crippen LogP contribution in [0.3, 0.4) is 0 Å². The Bertz CT molecular complexity index is 967. The van der Waals surface area contributed by atoms with Crippen LogP contribution in [-0.2, 0) is 19.8 Å². The molecule has 4 rings (SSSR count). The van der Waals surface area contributed by atoms with Crippen molar-refractivity contribution in [1.82, 2.24) is 19.2 Å². The normalized spacial score (nSPS) is 14.3. The van der Waals surface area contributed by atoms with E-state index >= 15 is 0 Å². The van der Waals surface area contributed by atoms with E-state index in [1.807, 2.05) is 4.68 Å². The molecule has 148 valence electrons. The molecule has 3 aromatic rings. The van der Waals surface area contributed by atoms with Crippen molar-refractivity contribution in [3.05, 3.63) is 52.1 Å². The maximum absolute atomic E-state index is 5.72. The molecule has 7 heteroatoms. The molecule has 3 heterocycles. The van der Waals surface area contributed by atoms with Gasteiger partial charge in [-0.25, -0.2) is 4.68 Å². The third-order valence-electron chi connectivity index (χ3n) is 5.23. The van der Waals surface area contributed by atoms with Gasteiger partial charge in [0.05, 0.1) is 11.5 Å². The zero-order chi connectivity index (χ0) is 19.5. The lowest BCUT2D eigenvalue weighted by Gasteiger charge is -2.24. The Morgan fingerprint density at radius 2 is 1.93 bits per heavy atom. The molecule has 1 saturated heterocycles. The number of rotatable bonds is 7. The van der Waals surface area contributed by atoms with Crippen LogP contribution in [0.2, 0.25) is 0 Å². The summed E-state index contributed by atoms with van der Waals surface area (Å²) in [5, 5.41) is 6.92. The molecule has 1 aliphatic rings. The van der Waals surface area contributed by atoms with Crippen molar-refractivity contribution in [2.24, 2.45) is 0 Å². The Labute approximate surface area is 175 Å². The van der Waals surface area contributed by atoms with Gasteiger partial charge in [0.15, 0.2) is 10.6 Å². The average molecular weight is 414 g/mol. The van der Waals surface area contributed by atoms with E-state index < -0.39 is 0 Å². The van der Waals surface area contributed by atoms with Crippen molar-refractivity contribution < 1.29 is 0 Å².